The SMILES string of the molecule is CSc1c(C2CCCCC2)noc1N. The molecule has 0 saturated heterocycles. The number of thioether (sulfide) groups is 1. The highest BCUT2D eigenvalue weighted by molar-refractivity contribution is 7.98. The molecule has 1 aliphatic carbocycles. The molecule has 0 atom stereocenters. The molecule has 0 aromatic carbocycles. The van der Waals surface area contributed by atoms with Gasteiger partial charge in [0.15, 0.2) is 0 Å². The zero-order valence-corrected chi connectivity index (χ0v) is 9.27. The number of hydrogen-bond acceptors (Lipinski definition) is 4. The third-order valence-corrected chi connectivity index (χ3v) is 3.71. The van der Waals surface area contributed by atoms with Gasteiger partial charge in [-0.05, 0) is 19.1 Å². The summed E-state index contributed by atoms with van der Waals surface area (Å²) in [6.45, 7) is 0. The maximum atomic E-state index is 5.71. The van der Waals surface area contributed by atoms with Gasteiger partial charge in [-0.1, -0.05) is 24.4 Å². The van der Waals surface area contributed by atoms with Crippen molar-refractivity contribution in [2.24, 2.45) is 0 Å². The molecule has 1 aliphatic rings. The van der Waals surface area contributed by atoms with Crippen LogP contribution in [0.25, 0.3) is 0 Å². The quantitative estimate of drug-likeness (QED) is 0.766. The second-order valence-electron chi connectivity index (χ2n) is 3.80. The average molecular weight is 212 g/mol. The normalized spacial score (nSPS) is 18.6. The Morgan fingerprint density at radius 2 is 2.07 bits per heavy atom. The van der Waals surface area contributed by atoms with Crippen LogP contribution in [0.1, 0.15) is 43.7 Å². The van der Waals surface area contributed by atoms with E-state index >= 15 is 0 Å². The van der Waals surface area contributed by atoms with Crippen LogP contribution in [0, 0.1) is 0 Å². The van der Waals surface area contributed by atoms with Crippen LogP contribution >= 0.6 is 11.8 Å². The summed E-state index contributed by atoms with van der Waals surface area (Å²) in [7, 11) is 0. The summed E-state index contributed by atoms with van der Waals surface area (Å²) < 4.78 is 5.05. The van der Waals surface area contributed by atoms with E-state index in [1.807, 2.05) is 6.26 Å². The Morgan fingerprint density at radius 1 is 1.36 bits per heavy atom. The highest BCUT2D eigenvalue weighted by atomic mass is 32.2. The highest BCUT2D eigenvalue weighted by Gasteiger charge is 2.23. The van der Waals surface area contributed by atoms with Crippen molar-refractivity contribution in [2.75, 3.05) is 12.0 Å². The molecule has 1 aromatic heterocycles. The lowest BCUT2D eigenvalue weighted by Gasteiger charge is -2.19. The number of rotatable bonds is 2. The van der Waals surface area contributed by atoms with Gasteiger partial charge in [0.05, 0.1) is 4.90 Å². The molecule has 0 unspecified atom stereocenters. The summed E-state index contributed by atoms with van der Waals surface area (Å²) in [5, 5.41) is 4.09. The fourth-order valence-electron chi connectivity index (χ4n) is 2.15. The molecule has 14 heavy (non-hydrogen) atoms. The Morgan fingerprint density at radius 3 is 2.71 bits per heavy atom. The van der Waals surface area contributed by atoms with Crippen molar-refractivity contribution in [3.63, 3.8) is 0 Å². The third kappa shape index (κ3) is 1.75. The van der Waals surface area contributed by atoms with Crippen molar-refractivity contribution in [3.05, 3.63) is 5.69 Å². The first kappa shape index (κ1) is 9.90. The lowest BCUT2D eigenvalue weighted by atomic mass is 9.87. The van der Waals surface area contributed by atoms with Gasteiger partial charge in [-0.3, -0.25) is 0 Å². The van der Waals surface area contributed by atoms with Crippen LogP contribution in [0.5, 0.6) is 0 Å². The summed E-state index contributed by atoms with van der Waals surface area (Å²) in [5.74, 6) is 1.06. The van der Waals surface area contributed by atoms with E-state index in [-0.39, 0.29) is 0 Å². The second-order valence-corrected chi connectivity index (χ2v) is 4.62. The molecule has 0 amide bonds. The number of hydrogen-bond donors (Lipinski definition) is 1. The van der Waals surface area contributed by atoms with Gasteiger partial charge in [-0.15, -0.1) is 11.8 Å². The van der Waals surface area contributed by atoms with Crippen molar-refractivity contribution in [1.82, 2.24) is 5.16 Å². The van der Waals surface area contributed by atoms with Crippen molar-refractivity contribution >= 4 is 17.6 Å². The van der Waals surface area contributed by atoms with E-state index in [1.165, 1.54) is 32.1 Å². The molecular formula is C10H16N2OS. The third-order valence-electron chi connectivity index (χ3n) is 2.89. The summed E-state index contributed by atoms with van der Waals surface area (Å²) in [6.07, 6.45) is 8.48. The van der Waals surface area contributed by atoms with E-state index in [0.29, 0.717) is 11.8 Å². The topological polar surface area (TPSA) is 52.0 Å². The van der Waals surface area contributed by atoms with Crippen molar-refractivity contribution in [2.45, 2.75) is 42.9 Å². The van der Waals surface area contributed by atoms with Gasteiger partial charge >= 0.3 is 0 Å². The van der Waals surface area contributed by atoms with Gasteiger partial charge in [-0.25, -0.2) is 0 Å². The standard InChI is InChI=1S/C10H16N2OS/c1-14-9-8(12-13-10(9)11)7-5-3-2-4-6-7/h7H,2-6,11H2,1H3. The summed E-state index contributed by atoms with van der Waals surface area (Å²) >= 11 is 1.64. The molecule has 0 radical (unpaired) electrons. The molecule has 0 bridgehead atoms. The van der Waals surface area contributed by atoms with E-state index in [0.717, 1.165) is 10.6 Å². The van der Waals surface area contributed by atoms with Gasteiger partial charge in [0.25, 0.3) is 0 Å². The molecule has 78 valence electrons. The predicted octanol–water partition coefficient (Wildman–Crippen LogP) is 3.03. The summed E-state index contributed by atoms with van der Waals surface area (Å²) in [4.78, 5) is 1.05. The van der Waals surface area contributed by atoms with Crippen LogP contribution < -0.4 is 5.73 Å². The average Bonchev–Trinajstić information content (AvgIpc) is 2.61. The molecule has 2 rings (SSSR count). The lowest BCUT2D eigenvalue weighted by molar-refractivity contribution is 0.387. The molecule has 1 heterocycles. The minimum absolute atomic E-state index is 0.484. The van der Waals surface area contributed by atoms with Crippen LogP contribution in [0.4, 0.5) is 5.88 Å². The first-order valence-electron chi connectivity index (χ1n) is 5.12. The Hall–Kier alpha value is -0.640. The molecule has 1 aromatic rings. The molecular weight excluding hydrogens is 196 g/mol. The first-order valence-corrected chi connectivity index (χ1v) is 6.34. The number of nitrogens with two attached hydrogens (primary N) is 1. The lowest BCUT2D eigenvalue weighted by Crippen LogP contribution is -2.05. The van der Waals surface area contributed by atoms with Crippen LogP contribution in [0.15, 0.2) is 9.42 Å². The van der Waals surface area contributed by atoms with Gasteiger partial charge < -0.3 is 10.3 Å². The summed E-state index contributed by atoms with van der Waals surface area (Å²) in [5.41, 5.74) is 6.80. The van der Waals surface area contributed by atoms with Crippen molar-refractivity contribution < 1.29 is 4.52 Å². The zero-order valence-electron chi connectivity index (χ0n) is 8.45. The number of nitrogen functional groups attached to an aromatic ring is 1. The maximum Gasteiger partial charge on any atom is 0.236 e. The molecule has 1 fully saturated rings. The van der Waals surface area contributed by atoms with Gasteiger partial charge in [0.1, 0.15) is 5.69 Å². The first-order chi connectivity index (χ1) is 6.83. The van der Waals surface area contributed by atoms with Crippen molar-refractivity contribution in [1.29, 1.82) is 0 Å². The minimum atomic E-state index is 0.484. The van der Waals surface area contributed by atoms with Crippen LogP contribution in [0.3, 0.4) is 0 Å². The molecule has 0 aliphatic heterocycles. The van der Waals surface area contributed by atoms with Crippen LogP contribution in [-0.2, 0) is 0 Å². The number of anilines is 1. The summed E-state index contributed by atoms with van der Waals surface area (Å²) in [6, 6.07) is 0. The predicted molar refractivity (Wildman–Crippen MR) is 58.5 cm³/mol. The van der Waals surface area contributed by atoms with E-state index in [2.05, 4.69) is 5.16 Å². The van der Waals surface area contributed by atoms with E-state index in [1.54, 1.807) is 11.8 Å². The fourth-order valence-corrected chi connectivity index (χ4v) is 2.80. The second kappa shape index (κ2) is 4.26. The smallest absolute Gasteiger partial charge is 0.236 e. The van der Waals surface area contributed by atoms with Gasteiger partial charge in [0.2, 0.25) is 5.88 Å². The molecule has 4 heteroatoms. The molecule has 1 saturated carbocycles. The molecule has 2 N–H and O–H groups in total. The molecule has 3 nitrogen and oxygen atoms in total. The fraction of sp³-hybridized carbons (Fsp3) is 0.700. The van der Waals surface area contributed by atoms with Gasteiger partial charge in [0, 0.05) is 5.92 Å². The Balaban J connectivity index is 2.21. The van der Waals surface area contributed by atoms with Crippen LogP contribution in [0.2, 0.25) is 0 Å². The van der Waals surface area contributed by atoms with Crippen LogP contribution in [-0.4, -0.2) is 11.4 Å². The van der Waals surface area contributed by atoms with E-state index in [9.17, 15) is 0 Å². The minimum Gasteiger partial charge on any atom is -0.367 e. The van der Waals surface area contributed by atoms with Crippen molar-refractivity contribution in [3.8, 4) is 0 Å². The highest BCUT2D eigenvalue weighted by Crippen LogP contribution is 2.38. The molecule has 0 spiro atoms. The monoisotopic (exact) mass is 212 g/mol. The Kier molecular flexibility index (Phi) is 3.01. The zero-order chi connectivity index (χ0) is 9.97. The number of aromatic nitrogens is 1. The largest absolute Gasteiger partial charge is 0.367 e. The van der Waals surface area contributed by atoms with E-state index in [4.69, 9.17) is 10.3 Å². The Bertz CT molecular complexity index is 305. The number of nitrogens with zero attached hydrogens (tertiary/aromatic N) is 1. The maximum absolute atomic E-state index is 5.71. The Labute approximate surface area is 88.4 Å². The van der Waals surface area contributed by atoms with E-state index < -0.39 is 0 Å². The van der Waals surface area contributed by atoms with Gasteiger partial charge in [-0.2, -0.15) is 0 Å².